The zero-order valence-electron chi connectivity index (χ0n) is 13.5. The molecular formula is C21H16O3. The Labute approximate surface area is 140 Å². The number of cyclic esters (lactones) is 1. The Morgan fingerprint density at radius 3 is 2.25 bits per heavy atom. The third-order valence-corrected chi connectivity index (χ3v) is 4.81. The maximum Gasteiger partial charge on any atom is 0.334 e. The van der Waals surface area contributed by atoms with Gasteiger partial charge in [0.25, 0.3) is 0 Å². The second-order valence-corrected chi connectivity index (χ2v) is 6.17. The second-order valence-electron chi connectivity index (χ2n) is 6.17. The largest absolute Gasteiger partial charge is 0.430 e. The summed E-state index contributed by atoms with van der Waals surface area (Å²) in [4.78, 5) is 26.1. The number of hydrogen-bond acceptors (Lipinski definition) is 3. The molecule has 0 saturated heterocycles. The first-order chi connectivity index (χ1) is 11.6. The molecule has 0 saturated carbocycles. The van der Waals surface area contributed by atoms with Crippen molar-refractivity contribution in [3.05, 3.63) is 83.1 Å². The van der Waals surface area contributed by atoms with Gasteiger partial charge in [0.15, 0.2) is 11.2 Å². The summed E-state index contributed by atoms with van der Waals surface area (Å²) < 4.78 is 5.42. The Morgan fingerprint density at radius 2 is 1.54 bits per heavy atom. The summed E-state index contributed by atoms with van der Waals surface area (Å²) in [5.41, 5.74) is 2.76. The molecule has 4 rings (SSSR count). The maximum atomic E-state index is 13.1. The van der Waals surface area contributed by atoms with Crippen molar-refractivity contribution in [3.63, 3.8) is 0 Å². The van der Waals surface area contributed by atoms with Crippen LogP contribution < -0.4 is 0 Å². The van der Waals surface area contributed by atoms with Gasteiger partial charge in [-0.05, 0) is 41.7 Å². The zero-order valence-corrected chi connectivity index (χ0v) is 13.5. The van der Waals surface area contributed by atoms with Crippen LogP contribution in [0.25, 0.3) is 11.1 Å². The Bertz CT molecular complexity index is 935. The standard InChI is InChI=1S/C21H16O3/c1-13-12-18(22)21(20(23)24-13)17-11-7-6-10-16(17)14(2)19(21)15-8-4-3-5-9-15/h3-12H,1-2H3. The molecule has 0 N–H and O–H groups in total. The number of carbonyl (C=O) groups is 2. The predicted molar refractivity (Wildman–Crippen MR) is 91.9 cm³/mol. The fourth-order valence-electron chi connectivity index (χ4n) is 3.84. The van der Waals surface area contributed by atoms with Crippen molar-refractivity contribution in [2.45, 2.75) is 19.3 Å². The highest BCUT2D eigenvalue weighted by atomic mass is 16.5. The smallest absolute Gasteiger partial charge is 0.334 e. The van der Waals surface area contributed by atoms with Crippen LogP contribution in [0.5, 0.6) is 0 Å². The molecule has 0 fully saturated rings. The van der Waals surface area contributed by atoms with Gasteiger partial charge in [0.2, 0.25) is 0 Å². The lowest BCUT2D eigenvalue weighted by Crippen LogP contribution is -2.46. The lowest BCUT2D eigenvalue weighted by Gasteiger charge is -2.32. The van der Waals surface area contributed by atoms with Crippen molar-refractivity contribution < 1.29 is 14.3 Å². The van der Waals surface area contributed by atoms with E-state index in [9.17, 15) is 9.59 Å². The van der Waals surface area contributed by atoms with Gasteiger partial charge in [-0.1, -0.05) is 54.6 Å². The van der Waals surface area contributed by atoms with Gasteiger partial charge < -0.3 is 4.74 Å². The van der Waals surface area contributed by atoms with Gasteiger partial charge in [-0.25, -0.2) is 4.79 Å². The minimum absolute atomic E-state index is 0.237. The van der Waals surface area contributed by atoms with Crippen LogP contribution in [0.4, 0.5) is 0 Å². The lowest BCUT2D eigenvalue weighted by molar-refractivity contribution is -0.148. The number of allylic oxidation sites excluding steroid dienone is 3. The van der Waals surface area contributed by atoms with E-state index in [2.05, 4.69) is 0 Å². The highest BCUT2D eigenvalue weighted by Gasteiger charge is 2.58. The number of ether oxygens (including phenoxy) is 1. The van der Waals surface area contributed by atoms with E-state index in [1.165, 1.54) is 6.08 Å². The molecule has 0 bridgehead atoms. The van der Waals surface area contributed by atoms with Crippen molar-refractivity contribution in [2.24, 2.45) is 0 Å². The zero-order chi connectivity index (χ0) is 16.9. The summed E-state index contributed by atoms with van der Waals surface area (Å²) in [7, 11) is 0. The molecular weight excluding hydrogens is 300 g/mol. The van der Waals surface area contributed by atoms with Crippen LogP contribution in [-0.2, 0) is 19.7 Å². The molecule has 1 atom stereocenters. The topological polar surface area (TPSA) is 43.4 Å². The molecule has 2 aromatic carbocycles. The number of hydrogen-bond donors (Lipinski definition) is 0. The maximum absolute atomic E-state index is 13.1. The van der Waals surface area contributed by atoms with Gasteiger partial charge >= 0.3 is 5.97 Å². The number of rotatable bonds is 1. The van der Waals surface area contributed by atoms with E-state index in [4.69, 9.17) is 4.74 Å². The average Bonchev–Trinajstić information content (AvgIpc) is 2.84. The van der Waals surface area contributed by atoms with Gasteiger partial charge in [0, 0.05) is 6.08 Å². The van der Waals surface area contributed by atoms with Crippen molar-refractivity contribution in [1.82, 2.24) is 0 Å². The highest BCUT2D eigenvalue weighted by Crippen LogP contribution is 2.53. The SMILES string of the molecule is CC1=CC(=O)C2(C(=O)O1)C(c1ccccc1)=C(C)c1ccccc12. The molecule has 2 aliphatic rings. The first kappa shape index (κ1) is 14.6. The van der Waals surface area contributed by atoms with Crippen molar-refractivity contribution in [2.75, 3.05) is 0 Å². The van der Waals surface area contributed by atoms with Gasteiger partial charge in [-0.2, -0.15) is 0 Å². The first-order valence-electron chi connectivity index (χ1n) is 7.88. The molecule has 3 nitrogen and oxygen atoms in total. The fourth-order valence-corrected chi connectivity index (χ4v) is 3.84. The molecule has 1 spiro atoms. The molecule has 118 valence electrons. The summed E-state index contributed by atoms with van der Waals surface area (Å²) in [6, 6.07) is 17.2. The predicted octanol–water partition coefficient (Wildman–Crippen LogP) is 3.90. The summed E-state index contributed by atoms with van der Waals surface area (Å²) in [6.07, 6.45) is 1.43. The monoisotopic (exact) mass is 316 g/mol. The number of carbonyl (C=O) groups excluding carboxylic acids is 2. The Balaban J connectivity index is 2.10. The highest BCUT2D eigenvalue weighted by molar-refractivity contribution is 6.31. The summed E-state index contributed by atoms with van der Waals surface area (Å²) in [5, 5.41) is 0. The number of esters is 1. The van der Waals surface area contributed by atoms with E-state index >= 15 is 0 Å². The summed E-state index contributed by atoms with van der Waals surface area (Å²) >= 11 is 0. The van der Waals surface area contributed by atoms with Crippen LogP contribution in [0.2, 0.25) is 0 Å². The average molecular weight is 316 g/mol. The third kappa shape index (κ3) is 1.72. The van der Waals surface area contributed by atoms with Crippen molar-refractivity contribution in [3.8, 4) is 0 Å². The van der Waals surface area contributed by atoms with Gasteiger partial charge in [-0.3, -0.25) is 4.79 Å². The normalized spacial score (nSPS) is 22.5. The molecule has 1 unspecified atom stereocenters. The van der Waals surface area contributed by atoms with Gasteiger partial charge in [0.05, 0.1) is 0 Å². The molecule has 0 radical (unpaired) electrons. The van der Waals surface area contributed by atoms with E-state index in [0.717, 1.165) is 22.3 Å². The number of benzene rings is 2. The van der Waals surface area contributed by atoms with Crippen LogP contribution in [0, 0.1) is 0 Å². The molecule has 24 heavy (non-hydrogen) atoms. The molecule has 1 heterocycles. The molecule has 0 amide bonds. The molecule has 2 aromatic rings. The van der Waals surface area contributed by atoms with Crippen molar-refractivity contribution >= 4 is 22.9 Å². The molecule has 1 aliphatic heterocycles. The van der Waals surface area contributed by atoms with Crippen molar-refractivity contribution in [1.29, 1.82) is 0 Å². The molecule has 3 heteroatoms. The minimum Gasteiger partial charge on any atom is -0.430 e. The Morgan fingerprint density at radius 1 is 0.875 bits per heavy atom. The summed E-state index contributed by atoms with van der Waals surface area (Å²) in [6.45, 7) is 3.59. The quantitative estimate of drug-likeness (QED) is 0.592. The molecule has 1 aliphatic carbocycles. The lowest BCUT2D eigenvalue weighted by atomic mass is 9.70. The van der Waals surface area contributed by atoms with Crippen LogP contribution in [0.1, 0.15) is 30.5 Å². The van der Waals surface area contributed by atoms with Crippen LogP contribution >= 0.6 is 0 Å². The third-order valence-electron chi connectivity index (χ3n) is 4.81. The number of ketones is 1. The van der Waals surface area contributed by atoms with E-state index < -0.39 is 11.4 Å². The van der Waals surface area contributed by atoms with E-state index in [1.54, 1.807) is 6.92 Å². The second kappa shape index (κ2) is 5.03. The Kier molecular flexibility index (Phi) is 3.07. The van der Waals surface area contributed by atoms with Gasteiger partial charge in [-0.15, -0.1) is 0 Å². The fraction of sp³-hybridized carbons (Fsp3) is 0.143. The minimum atomic E-state index is -1.40. The van der Waals surface area contributed by atoms with Crippen LogP contribution in [0.15, 0.2) is 66.4 Å². The van der Waals surface area contributed by atoms with E-state index in [-0.39, 0.29) is 5.78 Å². The number of fused-ring (bicyclic) bond motifs is 2. The summed E-state index contributed by atoms with van der Waals surface area (Å²) in [5.74, 6) is -0.417. The van der Waals surface area contributed by atoms with Crippen LogP contribution in [0.3, 0.4) is 0 Å². The van der Waals surface area contributed by atoms with Gasteiger partial charge in [0.1, 0.15) is 5.76 Å². The first-order valence-corrected chi connectivity index (χ1v) is 7.88. The van der Waals surface area contributed by atoms with Crippen LogP contribution in [-0.4, -0.2) is 11.8 Å². The Hall–Kier alpha value is -2.94. The van der Waals surface area contributed by atoms with E-state index in [0.29, 0.717) is 11.3 Å². The molecule has 0 aromatic heterocycles. The van der Waals surface area contributed by atoms with E-state index in [1.807, 2.05) is 61.5 Å².